The number of nitrogens with two attached hydrogens (primary N) is 1. The van der Waals surface area contributed by atoms with Gasteiger partial charge in [0.1, 0.15) is 5.75 Å². The van der Waals surface area contributed by atoms with Crippen molar-refractivity contribution in [3.63, 3.8) is 0 Å². The fourth-order valence-electron chi connectivity index (χ4n) is 1.34. The number of benzene rings is 1. The maximum atomic E-state index is 9.64. The van der Waals surface area contributed by atoms with E-state index in [0.29, 0.717) is 12.3 Å². The van der Waals surface area contributed by atoms with Crippen molar-refractivity contribution < 1.29 is 5.11 Å². The maximum Gasteiger partial charge on any atom is 0.119 e. The average molecular weight is 194 g/mol. The van der Waals surface area contributed by atoms with Gasteiger partial charge in [0.2, 0.25) is 0 Å². The summed E-state index contributed by atoms with van der Waals surface area (Å²) in [6.45, 7) is 2.55. The SMILES string of the molecule is CC(CN)c1cc(N(C)C)ccc1O. The standard InChI is InChI=1S/C11H18N2O/c1-8(7-12)10-6-9(13(2)3)4-5-11(10)14/h4-6,8,14H,7,12H2,1-3H3. The molecule has 0 saturated carbocycles. The third kappa shape index (κ3) is 2.17. The molecule has 0 saturated heterocycles. The Balaban J connectivity index is 3.08. The normalized spacial score (nSPS) is 12.6. The van der Waals surface area contributed by atoms with Crippen molar-refractivity contribution in [2.45, 2.75) is 12.8 Å². The molecule has 14 heavy (non-hydrogen) atoms. The van der Waals surface area contributed by atoms with E-state index < -0.39 is 0 Å². The molecule has 3 heteroatoms. The van der Waals surface area contributed by atoms with Crippen LogP contribution in [0, 0.1) is 0 Å². The number of anilines is 1. The lowest BCUT2D eigenvalue weighted by atomic mass is 9.99. The van der Waals surface area contributed by atoms with Crippen molar-refractivity contribution in [3.05, 3.63) is 23.8 Å². The number of nitrogens with zero attached hydrogens (tertiary/aromatic N) is 1. The highest BCUT2D eigenvalue weighted by molar-refractivity contribution is 5.52. The predicted molar refractivity (Wildman–Crippen MR) is 59.9 cm³/mol. The van der Waals surface area contributed by atoms with E-state index in [1.807, 2.05) is 38.1 Å². The number of aromatic hydroxyl groups is 1. The number of hydrogen-bond acceptors (Lipinski definition) is 3. The summed E-state index contributed by atoms with van der Waals surface area (Å²) in [6.07, 6.45) is 0. The van der Waals surface area contributed by atoms with E-state index in [1.165, 1.54) is 0 Å². The minimum atomic E-state index is 0.190. The molecule has 1 atom stereocenters. The molecule has 3 nitrogen and oxygen atoms in total. The van der Waals surface area contributed by atoms with Gasteiger partial charge in [0.15, 0.2) is 0 Å². The Morgan fingerprint density at radius 1 is 1.43 bits per heavy atom. The number of rotatable bonds is 3. The summed E-state index contributed by atoms with van der Waals surface area (Å²) in [4.78, 5) is 2.01. The van der Waals surface area contributed by atoms with Crippen LogP contribution >= 0.6 is 0 Å². The number of phenolic OH excluding ortho intramolecular Hbond substituents is 1. The molecular weight excluding hydrogens is 176 g/mol. The molecule has 78 valence electrons. The molecule has 0 aromatic heterocycles. The summed E-state index contributed by atoms with van der Waals surface area (Å²) in [5, 5.41) is 9.64. The van der Waals surface area contributed by atoms with Gasteiger partial charge in [-0.25, -0.2) is 0 Å². The first kappa shape index (κ1) is 10.9. The fraction of sp³-hybridized carbons (Fsp3) is 0.455. The quantitative estimate of drug-likeness (QED) is 0.767. The Morgan fingerprint density at radius 2 is 2.07 bits per heavy atom. The smallest absolute Gasteiger partial charge is 0.119 e. The molecule has 0 radical (unpaired) electrons. The van der Waals surface area contributed by atoms with E-state index in [1.54, 1.807) is 6.07 Å². The Kier molecular flexibility index (Phi) is 3.36. The van der Waals surface area contributed by atoms with Crippen molar-refractivity contribution in [3.8, 4) is 5.75 Å². The lowest BCUT2D eigenvalue weighted by molar-refractivity contribution is 0.463. The summed E-state index contributed by atoms with van der Waals surface area (Å²) in [7, 11) is 3.95. The summed E-state index contributed by atoms with van der Waals surface area (Å²) in [5.41, 5.74) is 7.57. The average Bonchev–Trinajstić information content (AvgIpc) is 2.17. The topological polar surface area (TPSA) is 49.5 Å². The van der Waals surface area contributed by atoms with Gasteiger partial charge in [-0.15, -0.1) is 0 Å². The van der Waals surface area contributed by atoms with Crippen molar-refractivity contribution in [1.29, 1.82) is 0 Å². The van der Waals surface area contributed by atoms with E-state index in [0.717, 1.165) is 11.3 Å². The van der Waals surface area contributed by atoms with Crippen LogP contribution in [0.2, 0.25) is 0 Å². The second-order valence-corrected chi connectivity index (χ2v) is 3.77. The van der Waals surface area contributed by atoms with Gasteiger partial charge in [0.25, 0.3) is 0 Å². The Morgan fingerprint density at radius 3 is 2.57 bits per heavy atom. The van der Waals surface area contributed by atoms with E-state index in [2.05, 4.69) is 0 Å². The Labute approximate surface area is 85.2 Å². The summed E-state index contributed by atoms with van der Waals surface area (Å²) in [5.74, 6) is 0.517. The molecule has 0 spiro atoms. The van der Waals surface area contributed by atoms with Crippen LogP contribution < -0.4 is 10.6 Å². The lowest BCUT2D eigenvalue weighted by Crippen LogP contribution is -2.12. The predicted octanol–water partition coefficient (Wildman–Crippen LogP) is 1.52. The van der Waals surface area contributed by atoms with Crippen molar-refractivity contribution >= 4 is 5.69 Å². The zero-order chi connectivity index (χ0) is 10.7. The second-order valence-electron chi connectivity index (χ2n) is 3.77. The number of phenols is 1. The van der Waals surface area contributed by atoms with Crippen LogP contribution in [0.15, 0.2) is 18.2 Å². The minimum absolute atomic E-state index is 0.190. The molecule has 0 heterocycles. The molecule has 1 unspecified atom stereocenters. The third-order valence-electron chi connectivity index (χ3n) is 2.41. The van der Waals surface area contributed by atoms with Crippen LogP contribution in [0.3, 0.4) is 0 Å². The lowest BCUT2D eigenvalue weighted by Gasteiger charge is -2.17. The van der Waals surface area contributed by atoms with Gasteiger partial charge in [-0.2, -0.15) is 0 Å². The van der Waals surface area contributed by atoms with Crippen LogP contribution in [-0.4, -0.2) is 25.7 Å². The Hall–Kier alpha value is -1.22. The molecule has 1 aromatic rings. The molecule has 1 aromatic carbocycles. The summed E-state index contributed by atoms with van der Waals surface area (Å²) in [6, 6.07) is 5.59. The highest BCUT2D eigenvalue weighted by Crippen LogP contribution is 2.28. The molecule has 3 N–H and O–H groups in total. The Bertz CT molecular complexity index is 310. The molecule has 0 fully saturated rings. The van der Waals surface area contributed by atoms with Crippen molar-refractivity contribution in [1.82, 2.24) is 0 Å². The molecule has 0 amide bonds. The monoisotopic (exact) mass is 194 g/mol. The van der Waals surface area contributed by atoms with Gasteiger partial charge >= 0.3 is 0 Å². The van der Waals surface area contributed by atoms with Crippen LogP contribution in [0.25, 0.3) is 0 Å². The van der Waals surface area contributed by atoms with E-state index >= 15 is 0 Å². The van der Waals surface area contributed by atoms with E-state index in [-0.39, 0.29) is 5.92 Å². The van der Waals surface area contributed by atoms with Crippen molar-refractivity contribution in [2.75, 3.05) is 25.5 Å². The number of hydrogen-bond donors (Lipinski definition) is 2. The second kappa shape index (κ2) is 4.33. The molecular formula is C11H18N2O. The van der Waals surface area contributed by atoms with Crippen LogP contribution in [0.5, 0.6) is 5.75 Å². The maximum absolute atomic E-state index is 9.64. The molecule has 0 bridgehead atoms. The molecule has 0 aliphatic heterocycles. The van der Waals surface area contributed by atoms with Gasteiger partial charge in [-0.3, -0.25) is 0 Å². The highest BCUT2D eigenvalue weighted by Gasteiger charge is 2.09. The highest BCUT2D eigenvalue weighted by atomic mass is 16.3. The molecule has 0 aliphatic carbocycles. The van der Waals surface area contributed by atoms with Crippen molar-refractivity contribution in [2.24, 2.45) is 5.73 Å². The fourth-order valence-corrected chi connectivity index (χ4v) is 1.34. The first-order valence-corrected chi connectivity index (χ1v) is 4.76. The zero-order valence-electron chi connectivity index (χ0n) is 8.99. The largest absolute Gasteiger partial charge is 0.508 e. The van der Waals surface area contributed by atoms with Crippen LogP contribution in [0.1, 0.15) is 18.4 Å². The molecule has 1 rings (SSSR count). The van der Waals surface area contributed by atoms with E-state index in [4.69, 9.17) is 5.73 Å². The van der Waals surface area contributed by atoms with Gasteiger partial charge in [0.05, 0.1) is 0 Å². The van der Waals surface area contributed by atoms with Crippen LogP contribution in [-0.2, 0) is 0 Å². The van der Waals surface area contributed by atoms with Gasteiger partial charge in [0, 0.05) is 19.8 Å². The van der Waals surface area contributed by atoms with Gasteiger partial charge in [-0.1, -0.05) is 6.92 Å². The molecule has 0 aliphatic rings. The zero-order valence-corrected chi connectivity index (χ0v) is 8.99. The summed E-state index contributed by atoms with van der Waals surface area (Å²) >= 11 is 0. The third-order valence-corrected chi connectivity index (χ3v) is 2.41. The first-order valence-electron chi connectivity index (χ1n) is 4.76. The van der Waals surface area contributed by atoms with Gasteiger partial charge in [-0.05, 0) is 36.2 Å². The van der Waals surface area contributed by atoms with E-state index in [9.17, 15) is 5.11 Å². The van der Waals surface area contributed by atoms with Gasteiger partial charge < -0.3 is 15.7 Å². The summed E-state index contributed by atoms with van der Waals surface area (Å²) < 4.78 is 0. The van der Waals surface area contributed by atoms with Crippen LogP contribution in [0.4, 0.5) is 5.69 Å². The minimum Gasteiger partial charge on any atom is -0.508 e. The first-order chi connectivity index (χ1) is 6.56.